The molecule has 0 atom stereocenters. The van der Waals surface area contributed by atoms with Crippen molar-refractivity contribution in [3.05, 3.63) is 0 Å². The molecule has 0 saturated heterocycles. The second-order valence-electron chi connectivity index (χ2n) is 1.08. The predicted octanol–water partition coefficient (Wildman–Crippen LogP) is -0.143. The summed E-state index contributed by atoms with van der Waals surface area (Å²) in [6, 6.07) is 0. The third-order valence-corrected chi connectivity index (χ3v) is 0. The molecule has 0 radical (unpaired) electrons. The summed E-state index contributed by atoms with van der Waals surface area (Å²) in [5.74, 6) is 0. The van der Waals surface area contributed by atoms with Crippen molar-refractivity contribution in [1.29, 1.82) is 0 Å². The first kappa shape index (κ1) is 23.7. The van der Waals surface area contributed by atoms with E-state index in [-0.39, 0.29) is 18.9 Å². The average Bonchev–Trinajstić information content (AvgIpc) is 1.50. The molecule has 14 heavy (non-hydrogen) atoms. The summed E-state index contributed by atoms with van der Waals surface area (Å²) in [5, 5.41) is 8.21. The monoisotopic (exact) mass is 244 g/mol. The van der Waals surface area contributed by atoms with Gasteiger partial charge in [-0.3, -0.25) is 0 Å². The average molecular weight is 244 g/mol. The normalized spacial score (nSPS) is 9.29. The number of hydrogen-bond donors (Lipinski definition) is 2. The molecule has 0 aliphatic rings. The molecule has 0 bridgehead atoms. The van der Waals surface area contributed by atoms with Crippen LogP contribution in [0.2, 0.25) is 0 Å². The van der Waals surface area contributed by atoms with Crippen molar-refractivity contribution in [2.24, 2.45) is 10.3 Å². The number of alkyl halides is 6. The molecular weight excluding hydrogens is 237 g/mol. The van der Waals surface area contributed by atoms with Gasteiger partial charge in [0.25, 0.3) is 10.2 Å². The molecule has 0 amide bonds. The van der Waals surface area contributed by atoms with E-state index in [2.05, 4.69) is 10.3 Å². The van der Waals surface area contributed by atoms with Crippen molar-refractivity contribution in [2.45, 2.75) is 13.4 Å². The van der Waals surface area contributed by atoms with Crippen LogP contribution in [-0.2, 0) is 10.2 Å². The zero-order valence-corrected chi connectivity index (χ0v) is 6.62. The van der Waals surface area contributed by atoms with Gasteiger partial charge in [0.15, 0.2) is 0 Å². The standard InChI is InChI=1S/2CHF3.Li.H4N2O2S.H/c2*2-1(3)4;;1-5(2,3)4;/h2*1H;;(H4,1,2,3,4);. The van der Waals surface area contributed by atoms with Gasteiger partial charge in [0.2, 0.25) is 0 Å². The Labute approximate surface area is 88.0 Å². The van der Waals surface area contributed by atoms with E-state index in [1.165, 1.54) is 0 Å². The summed E-state index contributed by atoms with van der Waals surface area (Å²) in [6.07, 6.45) is 0. The minimum absolute atomic E-state index is 0. The molecular formula is C2H7F6LiN2O2S. The Morgan fingerprint density at radius 2 is 0.786 bits per heavy atom. The number of hydrogen-bond acceptors (Lipinski definition) is 2. The SMILES string of the molecule is FC(F)F.FC(F)F.NS(N)(=O)=O.[LiH]. The second kappa shape index (κ2) is 13.0. The van der Waals surface area contributed by atoms with Crippen LogP contribution in [0.5, 0.6) is 0 Å². The Bertz CT molecular complexity index is 167. The van der Waals surface area contributed by atoms with Gasteiger partial charge >= 0.3 is 32.2 Å². The Balaban J connectivity index is -0.0000000522. The minimum atomic E-state index is -3.67. The van der Waals surface area contributed by atoms with Gasteiger partial charge in [-0.05, 0) is 0 Å². The first-order valence-electron chi connectivity index (χ1n) is 2.11. The van der Waals surface area contributed by atoms with Crippen LogP contribution in [0.3, 0.4) is 0 Å². The van der Waals surface area contributed by atoms with Crippen LogP contribution in [0.15, 0.2) is 0 Å². The summed E-state index contributed by atoms with van der Waals surface area (Å²) in [5.41, 5.74) is 0. The molecule has 4 nitrogen and oxygen atoms in total. The van der Waals surface area contributed by atoms with E-state index in [0.717, 1.165) is 0 Å². The van der Waals surface area contributed by atoms with Crippen LogP contribution in [0.25, 0.3) is 0 Å². The zero-order valence-electron chi connectivity index (χ0n) is 5.80. The molecule has 0 aliphatic carbocycles. The van der Waals surface area contributed by atoms with Crippen LogP contribution in [0.1, 0.15) is 0 Å². The molecule has 0 heterocycles. The Kier molecular flexibility index (Phi) is 22.1. The summed E-state index contributed by atoms with van der Waals surface area (Å²) < 4.78 is 76.4. The molecule has 0 aromatic carbocycles. The van der Waals surface area contributed by atoms with E-state index in [0.29, 0.717) is 0 Å². The van der Waals surface area contributed by atoms with Crippen LogP contribution in [-0.4, -0.2) is 40.6 Å². The molecule has 0 unspecified atom stereocenters. The van der Waals surface area contributed by atoms with Gasteiger partial charge < -0.3 is 0 Å². The number of rotatable bonds is 0. The fourth-order valence-electron chi connectivity index (χ4n) is 0. The van der Waals surface area contributed by atoms with E-state index in [1.807, 2.05) is 0 Å². The van der Waals surface area contributed by atoms with Crippen molar-refractivity contribution in [3.63, 3.8) is 0 Å². The first-order chi connectivity index (χ1) is 5.46. The van der Waals surface area contributed by atoms with Gasteiger partial charge in [-0.25, -0.2) is 10.3 Å². The second-order valence-corrected chi connectivity index (χ2v) is 2.26. The summed E-state index contributed by atoms with van der Waals surface area (Å²) in [6.45, 7) is -7.33. The number of nitrogens with two attached hydrogens (primary N) is 2. The Morgan fingerprint density at radius 1 is 0.786 bits per heavy atom. The van der Waals surface area contributed by atoms with Crippen LogP contribution >= 0.6 is 0 Å². The molecule has 4 N–H and O–H groups in total. The predicted molar refractivity (Wildman–Crippen MR) is 38.7 cm³/mol. The van der Waals surface area contributed by atoms with Gasteiger partial charge in [-0.1, -0.05) is 0 Å². The summed E-state index contributed by atoms with van der Waals surface area (Å²) in [4.78, 5) is 0. The molecule has 86 valence electrons. The van der Waals surface area contributed by atoms with E-state index in [9.17, 15) is 34.8 Å². The van der Waals surface area contributed by atoms with Gasteiger partial charge in [-0.2, -0.15) is 34.8 Å². The summed E-state index contributed by atoms with van der Waals surface area (Å²) >= 11 is 0. The molecule has 0 aromatic heterocycles. The fraction of sp³-hybridized carbons (Fsp3) is 1.00. The van der Waals surface area contributed by atoms with Crippen LogP contribution < -0.4 is 10.3 Å². The van der Waals surface area contributed by atoms with E-state index in [1.54, 1.807) is 0 Å². The molecule has 0 rings (SSSR count). The van der Waals surface area contributed by atoms with Gasteiger partial charge in [-0.15, -0.1) is 0 Å². The van der Waals surface area contributed by atoms with E-state index < -0.39 is 23.6 Å². The van der Waals surface area contributed by atoms with Gasteiger partial charge in [0.1, 0.15) is 0 Å². The number of halogens is 6. The molecule has 0 fully saturated rings. The third kappa shape index (κ3) is 654000. The van der Waals surface area contributed by atoms with Crippen LogP contribution in [0, 0.1) is 0 Å². The van der Waals surface area contributed by atoms with Crippen molar-refractivity contribution in [2.75, 3.05) is 0 Å². The van der Waals surface area contributed by atoms with Crippen molar-refractivity contribution in [3.8, 4) is 0 Å². The molecule has 12 heteroatoms. The quantitative estimate of drug-likeness (QED) is 0.459. The van der Waals surface area contributed by atoms with E-state index >= 15 is 0 Å². The molecule has 0 saturated carbocycles. The fourth-order valence-corrected chi connectivity index (χ4v) is 0. The van der Waals surface area contributed by atoms with Crippen LogP contribution in [0.4, 0.5) is 26.3 Å². The Hall–Kier alpha value is 0.0474. The molecule has 0 spiro atoms. The molecule has 0 aromatic rings. The maximum absolute atomic E-state index is 9.67. The van der Waals surface area contributed by atoms with Crippen molar-refractivity contribution < 1.29 is 34.8 Å². The topological polar surface area (TPSA) is 86.2 Å². The first-order valence-corrected chi connectivity index (χ1v) is 3.72. The molecule has 0 aliphatic heterocycles. The maximum atomic E-state index is 9.67. The van der Waals surface area contributed by atoms with Gasteiger partial charge in [0.05, 0.1) is 0 Å². The van der Waals surface area contributed by atoms with Gasteiger partial charge in [0, 0.05) is 0 Å². The van der Waals surface area contributed by atoms with Crippen molar-refractivity contribution >= 4 is 29.1 Å². The Morgan fingerprint density at radius 3 is 0.786 bits per heavy atom. The van der Waals surface area contributed by atoms with E-state index in [4.69, 9.17) is 0 Å². The zero-order chi connectivity index (χ0) is 11.7. The third-order valence-electron chi connectivity index (χ3n) is 0. The van der Waals surface area contributed by atoms with Crippen molar-refractivity contribution in [1.82, 2.24) is 0 Å². The summed E-state index contributed by atoms with van der Waals surface area (Å²) in [7, 11) is -3.67.